The van der Waals surface area contributed by atoms with Crippen LogP contribution in [0.4, 0.5) is 24.5 Å². The molecule has 2 N–H and O–H groups in total. The molecule has 6 heteroatoms. The van der Waals surface area contributed by atoms with Crippen LogP contribution in [0, 0.1) is 0 Å². The third-order valence-corrected chi connectivity index (χ3v) is 3.83. The van der Waals surface area contributed by atoms with Crippen molar-refractivity contribution >= 4 is 11.4 Å². The third-order valence-electron chi connectivity index (χ3n) is 3.83. The van der Waals surface area contributed by atoms with Gasteiger partial charge in [0.15, 0.2) is 0 Å². The van der Waals surface area contributed by atoms with E-state index in [4.69, 9.17) is 5.73 Å². The van der Waals surface area contributed by atoms with Crippen molar-refractivity contribution in [3.05, 3.63) is 23.8 Å². The topological polar surface area (TPSA) is 32.5 Å². The molecule has 1 heterocycles. The maximum Gasteiger partial charge on any atom is 0.416 e. The fraction of sp³-hybridized carbons (Fsp3) is 0.571. The fourth-order valence-corrected chi connectivity index (χ4v) is 2.62. The van der Waals surface area contributed by atoms with Crippen LogP contribution >= 0.6 is 0 Å². The van der Waals surface area contributed by atoms with Crippen molar-refractivity contribution < 1.29 is 13.2 Å². The molecule has 0 atom stereocenters. The Labute approximate surface area is 117 Å². The van der Waals surface area contributed by atoms with E-state index in [-0.39, 0.29) is 5.69 Å². The van der Waals surface area contributed by atoms with Crippen LogP contribution < -0.4 is 10.6 Å². The van der Waals surface area contributed by atoms with Crippen LogP contribution in [0.1, 0.15) is 18.4 Å². The molecular weight excluding hydrogens is 267 g/mol. The van der Waals surface area contributed by atoms with Crippen molar-refractivity contribution in [2.45, 2.75) is 25.1 Å². The lowest BCUT2D eigenvalue weighted by atomic mass is 10.0. The van der Waals surface area contributed by atoms with E-state index in [0.29, 0.717) is 11.7 Å². The molecule has 2 rings (SSSR count). The summed E-state index contributed by atoms with van der Waals surface area (Å²) in [6, 6.07) is 4.28. The van der Waals surface area contributed by atoms with Crippen LogP contribution in [0.5, 0.6) is 0 Å². The summed E-state index contributed by atoms with van der Waals surface area (Å²) in [6.07, 6.45) is -2.46. The van der Waals surface area contributed by atoms with Crippen molar-refractivity contribution in [2.24, 2.45) is 0 Å². The minimum absolute atomic E-state index is 0.157. The first-order valence-corrected chi connectivity index (χ1v) is 6.66. The van der Waals surface area contributed by atoms with Gasteiger partial charge in [0.1, 0.15) is 0 Å². The van der Waals surface area contributed by atoms with Crippen LogP contribution in [-0.2, 0) is 6.18 Å². The number of hydrogen-bond donors (Lipinski definition) is 1. The maximum atomic E-state index is 12.8. The molecule has 1 fully saturated rings. The van der Waals surface area contributed by atoms with Gasteiger partial charge < -0.3 is 15.5 Å². The first kappa shape index (κ1) is 15.0. The van der Waals surface area contributed by atoms with E-state index in [9.17, 15) is 13.2 Å². The Morgan fingerprint density at radius 2 is 1.75 bits per heavy atom. The number of nitrogens with two attached hydrogens (primary N) is 1. The van der Waals surface area contributed by atoms with Gasteiger partial charge in [-0.05, 0) is 45.1 Å². The zero-order valence-electron chi connectivity index (χ0n) is 11.7. The van der Waals surface area contributed by atoms with Gasteiger partial charge in [0.2, 0.25) is 0 Å². The Hall–Kier alpha value is -1.43. The molecular formula is C14H20F3N3. The van der Waals surface area contributed by atoms with Gasteiger partial charge in [-0.15, -0.1) is 0 Å². The smallest absolute Gasteiger partial charge is 0.399 e. The predicted octanol–water partition coefficient (Wildman–Crippen LogP) is 2.82. The Balaban J connectivity index is 2.16. The minimum Gasteiger partial charge on any atom is -0.399 e. The highest BCUT2D eigenvalue weighted by Crippen LogP contribution is 2.34. The Kier molecular flexibility index (Phi) is 4.13. The van der Waals surface area contributed by atoms with E-state index >= 15 is 0 Å². The number of hydrogen-bond acceptors (Lipinski definition) is 3. The summed E-state index contributed by atoms with van der Waals surface area (Å²) < 4.78 is 38.4. The zero-order chi connectivity index (χ0) is 14.9. The summed E-state index contributed by atoms with van der Waals surface area (Å²) in [5.41, 5.74) is 5.65. The molecule has 1 saturated heterocycles. The van der Waals surface area contributed by atoms with Crippen LogP contribution in [0.15, 0.2) is 18.2 Å². The van der Waals surface area contributed by atoms with E-state index in [1.54, 1.807) is 6.07 Å². The van der Waals surface area contributed by atoms with E-state index in [1.807, 2.05) is 19.0 Å². The second kappa shape index (κ2) is 5.52. The molecule has 1 aliphatic rings. The monoisotopic (exact) mass is 287 g/mol. The van der Waals surface area contributed by atoms with Crippen LogP contribution in [0.2, 0.25) is 0 Å². The minimum atomic E-state index is -4.36. The summed E-state index contributed by atoms with van der Waals surface area (Å²) in [4.78, 5) is 4.14. The molecule has 0 aromatic heterocycles. The number of benzene rings is 1. The number of anilines is 2. The first-order chi connectivity index (χ1) is 9.27. The molecule has 1 aliphatic heterocycles. The highest BCUT2D eigenvalue weighted by Gasteiger charge is 2.32. The summed E-state index contributed by atoms with van der Waals surface area (Å²) in [5.74, 6) is 0. The third kappa shape index (κ3) is 3.36. The summed E-state index contributed by atoms with van der Waals surface area (Å²) >= 11 is 0. The number of halogens is 3. The van der Waals surface area contributed by atoms with E-state index in [0.717, 1.165) is 32.0 Å². The molecule has 1 aromatic rings. The van der Waals surface area contributed by atoms with Crippen molar-refractivity contribution in [3.8, 4) is 0 Å². The van der Waals surface area contributed by atoms with Crippen LogP contribution in [0.3, 0.4) is 0 Å². The summed E-state index contributed by atoms with van der Waals surface area (Å²) in [6.45, 7) is 1.51. The van der Waals surface area contributed by atoms with Gasteiger partial charge in [0.25, 0.3) is 0 Å². The molecule has 3 nitrogen and oxygen atoms in total. The maximum absolute atomic E-state index is 12.8. The number of alkyl halides is 3. The van der Waals surface area contributed by atoms with Gasteiger partial charge in [-0.3, -0.25) is 0 Å². The highest BCUT2D eigenvalue weighted by molar-refractivity contribution is 5.59. The Morgan fingerprint density at radius 3 is 2.25 bits per heavy atom. The predicted molar refractivity (Wildman–Crippen MR) is 74.8 cm³/mol. The first-order valence-electron chi connectivity index (χ1n) is 6.66. The van der Waals surface area contributed by atoms with Gasteiger partial charge >= 0.3 is 6.18 Å². The fourth-order valence-electron chi connectivity index (χ4n) is 2.62. The van der Waals surface area contributed by atoms with E-state index < -0.39 is 11.7 Å². The number of nitrogen functional groups attached to an aromatic ring is 1. The lowest BCUT2D eigenvalue weighted by Gasteiger charge is -2.36. The SMILES string of the molecule is CN(C)C1CCN(c2cc(N)cc(C(F)(F)F)c2)CC1. The lowest BCUT2D eigenvalue weighted by molar-refractivity contribution is -0.137. The molecule has 0 bridgehead atoms. The van der Waals surface area contributed by atoms with Crippen molar-refractivity contribution in [3.63, 3.8) is 0 Å². The molecule has 0 radical (unpaired) electrons. The highest BCUT2D eigenvalue weighted by atomic mass is 19.4. The largest absolute Gasteiger partial charge is 0.416 e. The molecule has 0 amide bonds. The average Bonchev–Trinajstić information content (AvgIpc) is 2.37. The average molecular weight is 287 g/mol. The van der Waals surface area contributed by atoms with Crippen molar-refractivity contribution in [2.75, 3.05) is 37.8 Å². The number of piperidine rings is 1. The zero-order valence-corrected chi connectivity index (χ0v) is 11.7. The number of rotatable bonds is 2. The molecule has 0 spiro atoms. The van der Waals surface area contributed by atoms with Gasteiger partial charge in [-0.2, -0.15) is 13.2 Å². The standard InChI is InChI=1S/C14H20F3N3/c1-19(2)12-3-5-20(6-4-12)13-8-10(14(15,16)17)7-11(18)9-13/h7-9,12H,3-6,18H2,1-2H3. The quantitative estimate of drug-likeness (QED) is 0.849. The summed E-state index contributed by atoms with van der Waals surface area (Å²) in [7, 11) is 4.06. The normalized spacial score (nSPS) is 17.8. The second-order valence-electron chi connectivity index (χ2n) is 5.49. The van der Waals surface area contributed by atoms with Gasteiger partial charge in [-0.25, -0.2) is 0 Å². The Morgan fingerprint density at radius 1 is 1.15 bits per heavy atom. The van der Waals surface area contributed by atoms with Gasteiger partial charge in [-0.1, -0.05) is 0 Å². The van der Waals surface area contributed by atoms with Crippen molar-refractivity contribution in [1.82, 2.24) is 4.90 Å². The Bertz CT molecular complexity index is 463. The molecule has 0 saturated carbocycles. The lowest BCUT2D eigenvalue weighted by Crippen LogP contribution is -2.42. The van der Waals surface area contributed by atoms with Gasteiger partial charge in [0, 0.05) is 30.5 Å². The molecule has 112 valence electrons. The summed E-state index contributed by atoms with van der Waals surface area (Å²) in [5, 5.41) is 0. The van der Waals surface area contributed by atoms with E-state index in [2.05, 4.69) is 4.90 Å². The number of nitrogens with zero attached hydrogens (tertiary/aromatic N) is 2. The van der Waals surface area contributed by atoms with Crippen LogP contribution in [0.25, 0.3) is 0 Å². The second-order valence-corrected chi connectivity index (χ2v) is 5.49. The van der Waals surface area contributed by atoms with Gasteiger partial charge in [0.05, 0.1) is 5.56 Å². The molecule has 1 aromatic carbocycles. The van der Waals surface area contributed by atoms with Crippen molar-refractivity contribution in [1.29, 1.82) is 0 Å². The molecule has 0 aliphatic carbocycles. The molecule has 0 unspecified atom stereocenters. The molecule has 20 heavy (non-hydrogen) atoms. The van der Waals surface area contributed by atoms with E-state index in [1.165, 1.54) is 6.07 Å². The van der Waals surface area contributed by atoms with Crippen LogP contribution in [-0.4, -0.2) is 38.1 Å².